The van der Waals surface area contributed by atoms with Crippen LogP contribution in [-0.4, -0.2) is 17.1 Å². The van der Waals surface area contributed by atoms with Crippen LogP contribution in [0.1, 0.15) is 60.4 Å². The average Bonchev–Trinajstić information content (AvgIpc) is 3.29. The van der Waals surface area contributed by atoms with E-state index in [1.165, 1.54) is 0 Å². The molecule has 6 nitrogen and oxygen atoms in total. The highest BCUT2D eigenvalue weighted by Gasteiger charge is 2.29. The van der Waals surface area contributed by atoms with E-state index < -0.39 is 6.10 Å². The number of hydrogen-bond acceptors (Lipinski definition) is 6. The van der Waals surface area contributed by atoms with E-state index in [4.69, 9.17) is 9.57 Å². The molecule has 2 aliphatic rings. The molecule has 1 aliphatic carbocycles. The number of fused-ring (bicyclic) bond motifs is 1. The Morgan fingerprint density at radius 2 is 2.11 bits per heavy atom. The zero-order chi connectivity index (χ0) is 19.0. The molecule has 2 unspecified atom stereocenters. The van der Waals surface area contributed by atoms with E-state index in [0.717, 1.165) is 29.5 Å². The summed E-state index contributed by atoms with van der Waals surface area (Å²) < 4.78 is 5.66. The van der Waals surface area contributed by atoms with Crippen LogP contribution < -0.4 is 10.2 Å². The van der Waals surface area contributed by atoms with Gasteiger partial charge in [-0.1, -0.05) is 18.2 Å². The molecule has 138 valence electrons. The summed E-state index contributed by atoms with van der Waals surface area (Å²) in [5.41, 5.74) is 7.23. The van der Waals surface area contributed by atoms with Gasteiger partial charge in [0.15, 0.2) is 6.17 Å². The third kappa shape index (κ3) is 3.27. The van der Waals surface area contributed by atoms with Gasteiger partial charge in [-0.25, -0.2) is 4.99 Å². The second-order valence-electron chi connectivity index (χ2n) is 7.02. The average molecular weight is 363 g/mol. The van der Waals surface area contributed by atoms with Crippen molar-refractivity contribution >= 4 is 5.90 Å². The van der Waals surface area contributed by atoms with E-state index in [2.05, 4.69) is 16.5 Å². The Kier molecular flexibility index (Phi) is 4.56. The van der Waals surface area contributed by atoms with Crippen LogP contribution in [0, 0.1) is 11.3 Å². The first kappa shape index (κ1) is 17.5. The molecule has 0 saturated carbocycles. The van der Waals surface area contributed by atoms with Gasteiger partial charge in [0.05, 0.1) is 17.8 Å². The summed E-state index contributed by atoms with van der Waals surface area (Å²) in [6.45, 7) is 3.84. The smallest absolute Gasteiger partial charge is 0.242 e. The minimum atomic E-state index is -0.405. The van der Waals surface area contributed by atoms with Crippen molar-refractivity contribution in [1.29, 1.82) is 5.26 Å². The summed E-state index contributed by atoms with van der Waals surface area (Å²) in [6.07, 6.45) is 0.814. The van der Waals surface area contributed by atoms with Crippen LogP contribution in [0.2, 0.25) is 0 Å². The van der Waals surface area contributed by atoms with Gasteiger partial charge in [-0.3, -0.25) is 0 Å². The second kappa shape index (κ2) is 7.03. The standard InChI is InChI=1S/C21H21N3O3/c1-12(2)26-19-9-6-13(10-14(19)11-22)21-23-20(24-27-21)17-5-3-4-16-15(17)7-8-18(16)25/h3-6,9-10,12,18,20,24-25H,7-8H2,1-2H3. The molecule has 0 saturated heterocycles. The molecule has 0 radical (unpaired) electrons. The predicted molar refractivity (Wildman–Crippen MR) is 100 cm³/mol. The number of aliphatic hydroxyl groups excluding tert-OH is 1. The highest BCUT2D eigenvalue weighted by Crippen LogP contribution is 2.36. The number of nitriles is 1. The topological polar surface area (TPSA) is 86.9 Å². The van der Waals surface area contributed by atoms with Crippen LogP contribution in [0.15, 0.2) is 41.4 Å². The van der Waals surface area contributed by atoms with E-state index >= 15 is 0 Å². The van der Waals surface area contributed by atoms with Crippen LogP contribution in [0.4, 0.5) is 0 Å². The molecule has 2 aromatic rings. The molecule has 1 aliphatic heterocycles. The summed E-state index contributed by atoms with van der Waals surface area (Å²) in [5, 5.41) is 19.5. The predicted octanol–water partition coefficient (Wildman–Crippen LogP) is 3.31. The maximum Gasteiger partial charge on any atom is 0.242 e. The van der Waals surface area contributed by atoms with Crippen molar-refractivity contribution in [2.45, 2.75) is 45.1 Å². The van der Waals surface area contributed by atoms with E-state index in [0.29, 0.717) is 22.8 Å². The number of aliphatic imine (C=N–C) groups is 1. The summed E-state index contributed by atoms with van der Waals surface area (Å²) in [4.78, 5) is 10.2. The van der Waals surface area contributed by atoms with E-state index in [1.54, 1.807) is 12.1 Å². The molecule has 4 rings (SSSR count). The van der Waals surface area contributed by atoms with Crippen molar-refractivity contribution in [2.24, 2.45) is 4.99 Å². The molecule has 2 N–H and O–H groups in total. The van der Waals surface area contributed by atoms with Crippen LogP contribution in [0.5, 0.6) is 5.75 Å². The number of aliphatic hydroxyl groups is 1. The fraction of sp³-hybridized carbons (Fsp3) is 0.333. The van der Waals surface area contributed by atoms with Crippen molar-refractivity contribution in [2.75, 3.05) is 0 Å². The lowest BCUT2D eigenvalue weighted by Crippen LogP contribution is -2.16. The maximum atomic E-state index is 10.1. The second-order valence-corrected chi connectivity index (χ2v) is 7.02. The molecule has 6 heteroatoms. The summed E-state index contributed by atoms with van der Waals surface area (Å²) in [7, 11) is 0. The number of nitrogens with one attached hydrogen (secondary N) is 1. The summed E-state index contributed by atoms with van der Waals surface area (Å²) >= 11 is 0. The van der Waals surface area contributed by atoms with Crippen LogP contribution in [-0.2, 0) is 11.3 Å². The fourth-order valence-corrected chi connectivity index (χ4v) is 3.57. The van der Waals surface area contributed by atoms with Gasteiger partial charge in [-0.2, -0.15) is 5.26 Å². The number of ether oxygens (including phenoxy) is 1. The van der Waals surface area contributed by atoms with E-state index in [9.17, 15) is 10.4 Å². The SMILES string of the molecule is CC(C)Oc1ccc(C2=NC(c3cccc4c3CCC4O)NO2)cc1C#N. The molecular weight excluding hydrogens is 342 g/mol. The number of nitrogens with zero attached hydrogens (tertiary/aromatic N) is 2. The van der Waals surface area contributed by atoms with Crippen molar-refractivity contribution < 1.29 is 14.7 Å². The first-order valence-electron chi connectivity index (χ1n) is 9.08. The van der Waals surface area contributed by atoms with Gasteiger partial charge in [0.2, 0.25) is 5.90 Å². The summed E-state index contributed by atoms with van der Waals surface area (Å²) in [6, 6.07) is 13.4. The Bertz CT molecular complexity index is 946. The van der Waals surface area contributed by atoms with Gasteiger partial charge in [0, 0.05) is 5.56 Å². The van der Waals surface area contributed by atoms with Gasteiger partial charge in [0.25, 0.3) is 0 Å². The number of rotatable bonds is 4. The molecule has 1 heterocycles. The lowest BCUT2D eigenvalue weighted by atomic mass is 10.0. The largest absolute Gasteiger partial charge is 0.490 e. The minimum Gasteiger partial charge on any atom is -0.490 e. The minimum absolute atomic E-state index is 0.00963. The monoisotopic (exact) mass is 363 g/mol. The Hall–Kier alpha value is -2.88. The lowest BCUT2D eigenvalue weighted by Gasteiger charge is -2.12. The Morgan fingerprint density at radius 1 is 1.30 bits per heavy atom. The first-order valence-corrected chi connectivity index (χ1v) is 9.08. The maximum absolute atomic E-state index is 10.1. The van der Waals surface area contributed by atoms with Gasteiger partial charge in [0.1, 0.15) is 11.8 Å². The molecule has 2 atom stereocenters. The van der Waals surface area contributed by atoms with E-state index in [1.807, 2.05) is 38.1 Å². The van der Waals surface area contributed by atoms with Gasteiger partial charge in [-0.15, -0.1) is 5.48 Å². The van der Waals surface area contributed by atoms with Crippen molar-refractivity contribution in [3.63, 3.8) is 0 Å². The highest BCUT2D eigenvalue weighted by molar-refractivity contribution is 5.95. The molecule has 0 aromatic heterocycles. The van der Waals surface area contributed by atoms with Crippen molar-refractivity contribution in [1.82, 2.24) is 5.48 Å². The normalized spacial score (nSPS) is 20.8. The highest BCUT2D eigenvalue weighted by atomic mass is 16.7. The number of hydroxylamine groups is 1. The van der Waals surface area contributed by atoms with E-state index in [-0.39, 0.29) is 12.3 Å². The third-order valence-electron chi connectivity index (χ3n) is 4.79. The van der Waals surface area contributed by atoms with Crippen LogP contribution >= 0.6 is 0 Å². The van der Waals surface area contributed by atoms with Crippen molar-refractivity contribution in [3.05, 3.63) is 64.2 Å². The molecule has 0 bridgehead atoms. The first-order chi connectivity index (χ1) is 13.1. The van der Waals surface area contributed by atoms with Crippen molar-refractivity contribution in [3.8, 4) is 11.8 Å². The quantitative estimate of drug-likeness (QED) is 0.870. The Labute approximate surface area is 158 Å². The Balaban J connectivity index is 1.63. The van der Waals surface area contributed by atoms with Gasteiger partial charge < -0.3 is 14.7 Å². The lowest BCUT2D eigenvalue weighted by molar-refractivity contribution is 0.179. The molecule has 0 spiro atoms. The third-order valence-corrected chi connectivity index (χ3v) is 4.79. The van der Waals surface area contributed by atoms with Gasteiger partial charge in [-0.05, 0) is 61.6 Å². The molecule has 2 aromatic carbocycles. The zero-order valence-electron chi connectivity index (χ0n) is 15.3. The molecule has 0 fully saturated rings. The van der Waals surface area contributed by atoms with Crippen LogP contribution in [0.25, 0.3) is 0 Å². The van der Waals surface area contributed by atoms with Crippen LogP contribution in [0.3, 0.4) is 0 Å². The summed E-state index contributed by atoms with van der Waals surface area (Å²) in [5.74, 6) is 0.984. The molecule has 27 heavy (non-hydrogen) atoms. The number of hydrogen-bond donors (Lipinski definition) is 2. The number of benzene rings is 2. The fourth-order valence-electron chi connectivity index (χ4n) is 3.57. The Morgan fingerprint density at radius 3 is 2.89 bits per heavy atom. The zero-order valence-corrected chi connectivity index (χ0v) is 15.3. The molecule has 0 amide bonds. The molecular formula is C21H21N3O3. The van der Waals surface area contributed by atoms with Gasteiger partial charge >= 0.3 is 0 Å².